The predicted molar refractivity (Wildman–Crippen MR) is 69.0 cm³/mol. The molecule has 0 amide bonds. The van der Waals surface area contributed by atoms with Crippen molar-refractivity contribution in [3.63, 3.8) is 0 Å². The maximum absolute atomic E-state index is 9.61. The van der Waals surface area contributed by atoms with Crippen LogP contribution in [0.15, 0.2) is 24.3 Å². The van der Waals surface area contributed by atoms with Gasteiger partial charge in [-0.2, -0.15) is 0 Å². The Hall–Kier alpha value is -1.01. The van der Waals surface area contributed by atoms with Crippen LogP contribution < -0.4 is 5.32 Å². The highest BCUT2D eigenvalue weighted by Gasteiger charge is 2.18. The number of aliphatic hydroxyl groups is 2. The first kappa shape index (κ1) is 12.4. The summed E-state index contributed by atoms with van der Waals surface area (Å²) in [5.41, 5.74) is -0.0698. The van der Waals surface area contributed by atoms with E-state index in [9.17, 15) is 5.11 Å². The normalized spacial score (nSPS) is 15.0. The third-order valence-corrected chi connectivity index (χ3v) is 3.50. The molecule has 1 atom stereocenters. The summed E-state index contributed by atoms with van der Waals surface area (Å²) in [5, 5.41) is 22.6. The molecule has 17 heavy (non-hydrogen) atoms. The van der Waals surface area contributed by atoms with Gasteiger partial charge in [-0.1, -0.05) is 12.1 Å². The van der Waals surface area contributed by atoms with E-state index in [-0.39, 0.29) is 6.61 Å². The van der Waals surface area contributed by atoms with Gasteiger partial charge in [-0.05, 0) is 19.1 Å². The van der Waals surface area contributed by atoms with E-state index in [1.165, 1.54) is 4.70 Å². The average molecular weight is 252 g/mol. The molecule has 3 N–H and O–H groups in total. The van der Waals surface area contributed by atoms with Crippen molar-refractivity contribution in [3.8, 4) is 0 Å². The van der Waals surface area contributed by atoms with Crippen molar-refractivity contribution in [2.45, 2.75) is 19.1 Å². The van der Waals surface area contributed by atoms with Gasteiger partial charge in [-0.25, -0.2) is 4.98 Å². The number of thiazole rings is 1. The molecule has 2 aromatic rings. The third-order valence-electron chi connectivity index (χ3n) is 2.46. The minimum Gasteiger partial charge on any atom is -0.393 e. The van der Waals surface area contributed by atoms with E-state index in [2.05, 4.69) is 10.3 Å². The lowest BCUT2D eigenvalue weighted by atomic mass is 10.1. The molecule has 5 heteroatoms. The molecular weight excluding hydrogens is 236 g/mol. The summed E-state index contributed by atoms with van der Waals surface area (Å²) in [5.74, 6) is 0. The molecule has 92 valence electrons. The van der Waals surface area contributed by atoms with Crippen LogP contribution in [0.3, 0.4) is 0 Å². The van der Waals surface area contributed by atoms with E-state index in [4.69, 9.17) is 5.11 Å². The zero-order valence-electron chi connectivity index (χ0n) is 9.68. The van der Waals surface area contributed by atoms with Crippen LogP contribution in [0.25, 0.3) is 10.2 Å². The second kappa shape index (κ2) is 5.10. The fourth-order valence-electron chi connectivity index (χ4n) is 1.49. The van der Waals surface area contributed by atoms with Gasteiger partial charge in [0.15, 0.2) is 0 Å². The maximum Gasteiger partial charge on any atom is 0.108 e. The zero-order chi connectivity index (χ0) is 12.3. The van der Waals surface area contributed by atoms with E-state index >= 15 is 0 Å². The van der Waals surface area contributed by atoms with Crippen LogP contribution in [0.2, 0.25) is 0 Å². The van der Waals surface area contributed by atoms with Crippen molar-refractivity contribution in [1.82, 2.24) is 10.3 Å². The Morgan fingerprint density at radius 3 is 2.88 bits per heavy atom. The number of fused-ring (bicyclic) bond motifs is 1. The number of hydrogen-bond donors (Lipinski definition) is 3. The Balaban J connectivity index is 1.95. The van der Waals surface area contributed by atoms with Crippen molar-refractivity contribution in [1.29, 1.82) is 0 Å². The highest BCUT2D eigenvalue weighted by molar-refractivity contribution is 7.18. The zero-order valence-corrected chi connectivity index (χ0v) is 10.5. The van der Waals surface area contributed by atoms with Gasteiger partial charge in [0.1, 0.15) is 5.01 Å². The number of para-hydroxylation sites is 1. The molecule has 2 rings (SSSR count). The lowest BCUT2D eigenvalue weighted by molar-refractivity contribution is 0.00254. The van der Waals surface area contributed by atoms with E-state index in [0.717, 1.165) is 10.5 Å². The number of hydrogen-bond acceptors (Lipinski definition) is 5. The molecule has 0 aliphatic heterocycles. The number of nitrogens with one attached hydrogen (secondary N) is 1. The quantitative estimate of drug-likeness (QED) is 0.746. The number of nitrogens with zero attached hydrogens (tertiary/aromatic N) is 1. The molecule has 0 saturated carbocycles. The molecule has 4 nitrogen and oxygen atoms in total. The Kier molecular flexibility index (Phi) is 3.73. The van der Waals surface area contributed by atoms with Crippen LogP contribution in [0, 0.1) is 0 Å². The van der Waals surface area contributed by atoms with Crippen LogP contribution in [0.1, 0.15) is 11.9 Å². The van der Waals surface area contributed by atoms with Crippen LogP contribution in [-0.4, -0.2) is 33.9 Å². The fourth-order valence-corrected chi connectivity index (χ4v) is 2.43. The summed E-state index contributed by atoms with van der Waals surface area (Å²) in [7, 11) is 0. The molecule has 1 aromatic heterocycles. The summed E-state index contributed by atoms with van der Waals surface area (Å²) >= 11 is 1.64. The van der Waals surface area contributed by atoms with Gasteiger partial charge in [0.05, 0.1) is 22.4 Å². The third kappa shape index (κ3) is 3.23. The van der Waals surface area contributed by atoms with Gasteiger partial charge >= 0.3 is 0 Å². The smallest absolute Gasteiger partial charge is 0.108 e. The standard InChI is InChI=1S/C12H16N2O2S/c1-12(16,8-15)7-13-6-11-14-9-4-2-3-5-10(9)17-11/h2-5,13,15-16H,6-8H2,1H3. The van der Waals surface area contributed by atoms with E-state index in [0.29, 0.717) is 13.1 Å². The molecule has 1 heterocycles. The molecule has 0 spiro atoms. The number of aliphatic hydroxyl groups excluding tert-OH is 1. The Labute approximate surface area is 104 Å². The van der Waals surface area contributed by atoms with Gasteiger partial charge in [-0.3, -0.25) is 0 Å². The monoisotopic (exact) mass is 252 g/mol. The van der Waals surface area contributed by atoms with E-state index < -0.39 is 5.60 Å². The highest BCUT2D eigenvalue weighted by atomic mass is 32.1. The second-order valence-corrected chi connectivity index (χ2v) is 5.45. The summed E-state index contributed by atoms with van der Waals surface area (Å²) < 4.78 is 1.17. The lowest BCUT2D eigenvalue weighted by Crippen LogP contribution is -2.40. The first-order valence-corrected chi connectivity index (χ1v) is 6.31. The van der Waals surface area contributed by atoms with Crippen LogP contribution in [0.5, 0.6) is 0 Å². The fraction of sp³-hybridized carbons (Fsp3) is 0.417. The topological polar surface area (TPSA) is 65.4 Å². The van der Waals surface area contributed by atoms with E-state index in [1.807, 2.05) is 24.3 Å². The summed E-state index contributed by atoms with van der Waals surface area (Å²) in [6.07, 6.45) is 0. The van der Waals surface area contributed by atoms with Crippen molar-refractivity contribution < 1.29 is 10.2 Å². The molecule has 0 aliphatic carbocycles. The van der Waals surface area contributed by atoms with Gasteiger partial charge in [0.2, 0.25) is 0 Å². The molecular formula is C12H16N2O2S. The first-order valence-electron chi connectivity index (χ1n) is 5.49. The summed E-state index contributed by atoms with van der Waals surface area (Å²) in [4.78, 5) is 4.47. The molecule has 0 saturated heterocycles. The van der Waals surface area contributed by atoms with Crippen molar-refractivity contribution in [3.05, 3.63) is 29.3 Å². The van der Waals surface area contributed by atoms with Crippen molar-refractivity contribution in [2.75, 3.05) is 13.2 Å². The molecule has 1 aromatic carbocycles. The SMILES string of the molecule is CC(O)(CO)CNCc1nc2ccccc2s1. The number of benzene rings is 1. The minimum absolute atomic E-state index is 0.250. The van der Waals surface area contributed by atoms with Gasteiger partial charge in [0, 0.05) is 13.1 Å². The second-order valence-electron chi connectivity index (χ2n) is 4.33. The average Bonchev–Trinajstić information content (AvgIpc) is 2.71. The van der Waals surface area contributed by atoms with Crippen molar-refractivity contribution in [2.24, 2.45) is 0 Å². The van der Waals surface area contributed by atoms with Crippen molar-refractivity contribution >= 4 is 21.6 Å². The summed E-state index contributed by atoms with van der Waals surface area (Å²) in [6, 6.07) is 7.99. The number of aromatic nitrogens is 1. The molecule has 0 bridgehead atoms. The van der Waals surface area contributed by atoms with Gasteiger partial charge < -0.3 is 15.5 Å². The maximum atomic E-state index is 9.61. The Morgan fingerprint density at radius 2 is 2.18 bits per heavy atom. The number of rotatable bonds is 5. The summed E-state index contributed by atoms with van der Waals surface area (Å²) in [6.45, 7) is 2.30. The molecule has 1 unspecified atom stereocenters. The van der Waals surface area contributed by atoms with Gasteiger partial charge in [0.25, 0.3) is 0 Å². The lowest BCUT2D eigenvalue weighted by Gasteiger charge is -2.20. The van der Waals surface area contributed by atoms with Crippen LogP contribution >= 0.6 is 11.3 Å². The van der Waals surface area contributed by atoms with Crippen LogP contribution in [0.4, 0.5) is 0 Å². The largest absolute Gasteiger partial charge is 0.393 e. The Morgan fingerprint density at radius 1 is 1.41 bits per heavy atom. The Bertz CT molecular complexity index is 463. The predicted octanol–water partition coefficient (Wildman–Crippen LogP) is 1.13. The van der Waals surface area contributed by atoms with Crippen LogP contribution in [-0.2, 0) is 6.54 Å². The molecule has 0 radical (unpaired) electrons. The first-order chi connectivity index (χ1) is 8.11. The molecule has 0 aliphatic rings. The highest BCUT2D eigenvalue weighted by Crippen LogP contribution is 2.21. The van der Waals surface area contributed by atoms with E-state index in [1.54, 1.807) is 18.3 Å². The minimum atomic E-state index is -1.07. The van der Waals surface area contributed by atoms with Gasteiger partial charge in [-0.15, -0.1) is 11.3 Å². The molecule has 0 fully saturated rings.